The molecule has 1 fully saturated rings. The average Bonchev–Trinajstić information content (AvgIpc) is 3.58. The summed E-state index contributed by atoms with van der Waals surface area (Å²) in [6.45, 7) is 0. The van der Waals surface area contributed by atoms with E-state index in [9.17, 15) is 9.59 Å². The van der Waals surface area contributed by atoms with Gasteiger partial charge in [-0.25, -0.2) is 4.98 Å². The number of hydrogen-bond acceptors (Lipinski definition) is 5. The molecule has 29 heavy (non-hydrogen) atoms. The zero-order valence-electron chi connectivity index (χ0n) is 16.5. The van der Waals surface area contributed by atoms with E-state index in [2.05, 4.69) is 10.3 Å². The third kappa shape index (κ3) is 4.08. The lowest BCUT2D eigenvalue weighted by Crippen LogP contribution is -2.20. The number of aryl methyl sites for hydroxylation is 1. The Kier molecular flexibility index (Phi) is 5.20. The van der Waals surface area contributed by atoms with Crippen molar-refractivity contribution >= 4 is 22.5 Å². The summed E-state index contributed by atoms with van der Waals surface area (Å²) in [5, 5.41) is 3.40. The maximum atomic E-state index is 12.7. The fourth-order valence-corrected chi connectivity index (χ4v) is 3.34. The van der Waals surface area contributed by atoms with Gasteiger partial charge in [-0.1, -0.05) is 6.07 Å². The van der Waals surface area contributed by atoms with E-state index in [0.717, 1.165) is 18.4 Å². The molecule has 7 heteroatoms. The molecule has 0 atom stereocenters. The highest BCUT2D eigenvalue weighted by Crippen LogP contribution is 2.33. The van der Waals surface area contributed by atoms with Gasteiger partial charge in [0.1, 0.15) is 0 Å². The van der Waals surface area contributed by atoms with Crippen molar-refractivity contribution in [2.75, 3.05) is 19.5 Å². The summed E-state index contributed by atoms with van der Waals surface area (Å²) in [7, 11) is 3.17. The second kappa shape index (κ2) is 7.95. The molecule has 2 aromatic carbocycles. The van der Waals surface area contributed by atoms with Crippen LogP contribution in [0.5, 0.6) is 11.5 Å². The largest absolute Gasteiger partial charge is 0.493 e. The molecule has 1 N–H and O–H groups in total. The van der Waals surface area contributed by atoms with Gasteiger partial charge >= 0.3 is 0 Å². The maximum Gasteiger partial charge on any atom is 0.261 e. The highest BCUT2D eigenvalue weighted by atomic mass is 16.5. The molecule has 1 saturated carbocycles. The topological polar surface area (TPSA) is 82.5 Å². The maximum absolute atomic E-state index is 12.7. The average molecular weight is 393 g/mol. The number of rotatable bonds is 7. The van der Waals surface area contributed by atoms with E-state index in [1.165, 1.54) is 0 Å². The van der Waals surface area contributed by atoms with Crippen molar-refractivity contribution in [2.24, 2.45) is 0 Å². The zero-order chi connectivity index (χ0) is 20.4. The Hall–Kier alpha value is -3.35. The van der Waals surface area contributed by atoms with Gasteiger partial charge in [0, 0.05) is 18.2 Å². The van der Waals surface area contributed by atoms with Crippen LogP contribution >= 0.6 is 0 Å². The molecule has 3 aromatic rings. The van der Waals surface area contributed by atoms with Crippen LogP contribution in [0.15, 0.2) is 47.5 Å². The third-order valence-electron chi connectivity index (χ3n) is 5.10. The van der Waals surface area contributed by atoms with Gasteiger partial charge in [-0.3, -0.25) is 14.2 Å². The van der Waals surface area contributed by atoms with E-state index in [0.29, 0.717) is 40.9 Å². The second-order valence-electron chi connectivity index (χ2n) is 7.16. The van der Waals surface area contributed by atoms with Crippen molar-refractivity contribution in [2.45, 2.75) is 31.7 Å². The van der Waals surface area contributed by atoms with Crippen molar-refractivity contribution in [3.05, 3.63) is 58.6 Å². The fraction of sp³-hybridized carbons (Fsp3) is 0.318. The van der Waals surface area contributed by atoms with Crippen LogP contribution in [0.1, 0.15) is 30.9 Å². The monoisotopic (exact) mass is 393 g/mol. The van der Waals surface area contributed by atoms with E-state index < -0.39 is 0 Å². The molecule has 1 aliphatic carbocycles. The van der Waals surface area contributed by atoms with Crippen LogP contribution in [0.2, 0.25) is 0 Å². The van der Waals surface area contributed by atoms with Crippen LogP contribution in [0.4, 0.5) is 5.69 Å². The SMILES string of the molecule is COc1ccc(CCC(=O)Nc2ccc3ncn(C4CC4)c(=O)c3c2)cc1OC. The lowest BCUT2D eigenvalue weighted by atomic mass is 10.1. The predicted octanol–water partition coefficient (Wildman–Crippen LogP) is 3.32. The molecule has 0 saturated heterocycles. The minimum atomic E-state index is -0.120. The molecule has 0 unspecified atom stereocenters. The van der Waals surface area contributed by atoms with Gasteiger partial charge in [0.25, 0.3) is 5.56 Å². The Balaban J connectivity index is 1.45. The van der Waals surface area contributed by atoms with Crippen molar-refractivity contribution in [1.82, 2.24) is 9.55 Å². The number of nitrogens with zero attached hydrogens (tertiary/aromatic N) is 2. The smallest absolute Gasteiger partial charge is 0.261 e. The van der Waals surface area contributed by atoms with Gasteiger partial charge in [-0.2, -0.15) is 0 Å². The summed E-state index contributed by atoms with van der Waals surface area (Å²) in [4.78, 5) is 29.4. The lowest BCUT2D eigenvalue weighted by molar-refractivity contribution is -0.116. The molecule has 150 valence electrons. The number of ether oxygens (including phenoxy) is 2. The van der Waals surface area contributed by atoms with E-state index >= 15 is 0 Å². The number of anilines is 1. The van der Waals surface area contributed by atoms with Gasteiger partial charge < -0.3 is 14.8 Å². The number of amides is 1. The Labute approximate surface area is 168 Å². The van der Waals surface area contributed by atoms with E-state index in [1.807, 2.05) is 18.2 Å². The first kappa shape index (κ1) is 19.0. The van der Waals surface area contributed by atoms with Crippen LogP contribution in [0.3, 0.4) is 0 Å². The van der Waals surface area contributed by atoms with Gasteiger partial charge in [-0.15, -0.1) is 0 Å². The lowest BCUT2D eigenvalue weighted by Gasteiger charge is -2.10. The first-order valence-corrected chi connectivity index (χ1v) is 9.60. The molecule has 0 bridgehead atoms. The molecule has 1 aromatic heterocycles. The summed E-state index contributed by atoms with van der Waals surface area (Å²) in [5.41, 5.74) is 2.16. The highest BCUT2D eigenvalue weighted by molar-refractivity contribution is 5.93. The van der Waals surface area contributed by atoms with Crippen molar-refractivity contribution in [3.8, 4) is 11.5 Å². The summed E-state index contributed by atoms with van der Waals surface area (Å²) in [6, 6.07) is 11.1. The Morgan fingerprint density at radius 3 is 2.66 bits per heavy atom. The molecule has 0 aliphatic heterocycles. The van der Waals surface area contributed by atoms with Crippen LogP contribution in [0.25, 0.3) is 10.9 Å². The number of methoxy groups -OCH3 is 2. The number of nitrogens with one attached hydrogen (secondary N) is 1. The first-order valence-electron chi connectivity index (χ1n) is 9.60. The minimum Gasteiger partial charge on any atom is -0.493 e. The number of hydrogen-bond donors (Lipinski definition) is 1. The Bertz CT molecular complexity index is 1120. The van der Waals surface area contributed by atoms with Crippen molar-refractivity contribution in [1.29, 1.82) is 0 Å². The number of carbonyl (C=O) groups is 1. The Morgan fingerprint density at radius 1 is 1.14 bits per heavy atom. The molecule has 1 amide bonds. The summed E-state index contributed by atoms with van der Waals surface area (Å²) in [5.74, 6) is 1.17. The molecule has 0 spiro atoms. The summed E-state index contributed by atoms with van der Waals surface area (Å²) < 4.78 is 12.2. The van der Waals surface area contributed by atoms with Crippen LogP contribution in [-0.2, 0) is 11.2 Å². The molecular formula is C22H23N3O4. The molecular weight excluding hydrogens is 370 g/mol. The van der Waals surface area contributed by atoms with Gasteiger partial charge in [0.15, 0.2) is 11.5 Å². The number of carbonyl (C=O) groups excluding carboxylic acids is 1. The highest BCUT2D eigenvalue weighted by Gasteiger charge is 2.25. The number of fused-ring (bicyclic) bond motifs is 1. The van der Waals surface area contributed by atoms with Crippen molar-refractivity contribution < 1.29 is 14.3 Å². The van der Waals surface area contributed by atoms with E-state index in [1.54, 1.807) is 43.3 Å². The van der Waals surface area contributed by atoms with Gasteiger partial charge in [-0.05, 0) is 55.2 Å². The standard InChI is InChI=1S/C22H23N3O4/c1-28-19-9-3-14(11-20(19)29-2)4-10-21(26)24-15-5-8-18-17(12-15)22(27)25(13-23-18)16-6-7-16/h3,5,8-9,11-13,16H,4,6-7,10H2,1-2H3,(H,24,26). The minimum absolute atomic E-state index is 0.0565. The summed E-state index contributed by atoms with van der Waals surface area (Å²) in [6.07, 6.45) is 4.52. The quantitative estimate of drug-likeness (QED) is 0.666. The van der Waals surface area contributed by atoms with Gasteiger partial charge in [0.2, 0.25) is 5.91 Å². The first-order chi connectivity index (χ1) is 14.1. The second-order valence-corrected chi connectivity index (χ2v) is 7.16. The molecule has 7 nitrogen and oxygen atoms in total. The van der Waals surface area contributed by atoms with Gasteiger partial charge in [0.05, 0.1) is 31.4 Å². The normalized spacial score (nSPS) is 13.3. The number of benzene rings is 2. The predicted molar refractivity (Wildman–Crippen MR) is 111 cm³/mol. The molecule has 1 heterocycles. The summed E-state index contributed by atoms with van der Waals surface area (Å²) >= 11 is 0. The van der Waals surface area contributed by atoms with Crippen LogP contribution < -0.4 is 20.3 Å². The van der Waals surface area contributed by atoms with Crippen LogP contribution in [0, 0.1) is 0 Å². The molecule has 0 radical (unpaired) electrons. The zero-order valence-corrected chi connectivity index (χ0v) is 16.5. The van der Waals surface area contributed by atoms with Crippen molar-refractivity contribution in [3.63, 3.8) is 0 Å². The third-order valence-corrected chi connectivity index (χ3v) is 5.10. The van der Waals surface area contributed by atoms with E-state index in [4.69, 9.17) is 9.47 Å². The molecule has 1 aliphatic rings. The number of aromatic nitrogens is 2. The van der Waals surface area contributed by atoms with E-state index in [-0.39, 0.29) is 17.5 Å². The molecule has 4 rings (SSSR count). The Morgan fingerprint density at radius 2 is 1.93 bits per heavy atom. The fourth-order valence-electron chi connectivity index (χ4n) is 3.34. The van der Waals surface area contributed by atoms with Crippen LogP contribution in [-0.4, -0.2) is 29.7 Å².